The molecule has 4 nitrogen and oxygen atoms in total. The second kappa shape index (κ2) is 4.98. The zero-order chi connectivity index (χ0) is 14.3. The van der Waals surface area contributed by atoms with E-state index in [1.54, 1.807) is 18.5 Å². The number of carbonyl (C=O) groups excluding carboxylic acids is 1. The first-order valence-electron chi connectivity index (χ1n) is 6.47. The number of primary amides is 1. The number of nitrogens with two attached hydrogens (primary N) is 1. The highest BCUT2D eigenvalue weighted by atomic mass is 79.9. The van der Waals surface area contributed by atoms with Gasteiger partial charge in [0.05, 0.1) is 5.69 Å². The van der Waals surface area contributed by atoms with Crippen LogP contribution in [0.5, 0.6) is 0 Å². The maximum Gasteiger partial charge on any atom is 0.249 e. The third-order valence-electron chi connectivity index (χ3n) is 3.80. The summed E-state index contributed by atoms with van der Waals surface area (Å²) in [6.45, 7) is 1.92. The fraction of sp³-hybridized carbons (Fsp3) is 0.267. The van der Waals surface area contributed by atoms with Gasteiger partial charge in [-0.2, -0.15) is 0 Å². The van der Waals surface area contributed by atoms with Crippen molar-refractivity contribution in [3.05, 3.63) is 57.1 Å². The van der Waals surface area contributed by atoms with Crippen LogP contribution in [0.15, 0.2) is 29.0 Å². The van der Waals surface area contributed by atoms with Gasteiger partial charge < -0.3 is 5.73 Å². The zero-order valence-corrected chi connectivity index (χ0v) is 12.6. The molecule has 1 aliphatic rings. The van der Waals surface area contributed by atoms with Gasteiger partial charge in [-0.1, -0.05) is 0 Å². The Kier molecular flexibility index (Phi) is 3.30. The molecule has 0 saturated carbocycles. The van der Waals surface area contributed by atoms with Crippen molar-refractivity contribution >= 4 is 21.8 Å². The van der Waals surface area contributed by atoms with Crippen molar-refractivity contribution in [3.8, 4) is 0 Å². The molecule has 2 N–H and O–H groups in total. The Balaban J connectivity index is 2.15. The summed E-state index contributed by atoms with van der Waals surface area (Å²) < 4.78 is 0.981. The first kappa shape index (κ1) is 13.2. The van der Waals surface area contributed by atoms with E-state index in [0.717, 1.165) is 34.3 Å². The summed E-state index contributed by atoms with van der Waals surface area (Å²) in [5, 5.41) is 0. The minimum absolute atomic E-state index is 0.106. The van der Waals surface area contributed by atoms with Crippen LogP contribution in [0.3, 0.4) is 0 Å². The van der Waals surface area contributed by atoms with Crippen LogP contribution in [-0.4, -0.2) is 15.9 Å². The fourth-order valence-electron chi connectivity index (χ4n) is 2.96. The topological polar surface area (TPSA) is 68.9 Å². The summed E-state index contributed by atoms with van der Waals surface area (Å²) in [6, 6.07) is 3.79. The van der Waals surface area contributed by atoms with Gasteiger partial charge in [0, 0.05) is 34.0 Å². The lowest BCUT2D eigenvalue weighted by Crippen LogP contribution is -2.17. The van der Waals surface area contributed by atoms with E-state index in [2.05, 4.69) is 32.0 Å². The molecule has 1 amide bonds. The number of aryl methyl sites for hydroxylation is 2. The number of halogens is 1. The Labute approximate surface area is 125 Å². The van der Waals surface area contributed by atoms with Gasteiger partial charge in [-0.25, -0.2) is 0 Å². The quantitative estimate of drug-likeness (QED) is 0.919. The second-order valence-corrected chi connectivity index (χ2v) is 5.93. The van der Waals surface area contributed by atoms with Gasteiger partial charge in [-0.3, -0.25) is 14.8 Å². The van der Waals surface area contributed by atoms with Crippen molar-refractivity contribution in [2.75, 3.05) is 0 Å². The Bertz CT molecular complexity index is 700. The minimum atomic E-state index is -0.406. The van der Waals surface area contributed by atoms with Gasteiger partial charge in [0.1, 0.15) is 0 Å². The summed E-state index contributed by atoms with van der Waals surface area (Å²) in [4.78, 5) is 20.5. The van der Waals surface area contributed by atoms with E-state index >= 15 is 0 Å². The van der Waals surface area contributed by atoms with E-state index < -0.39 is 5.91 Å². The zero-order valence-electron chi connectivity index (χ0n) is 11.1. The van der Waals surface area contributed by atoms with Crippen molar-refractivity contribution in [1.82, 2.24) is 9.97 Å². The molecule has 2 aromatic heterocycles. The van der Waals surface area contributed by atoms with Crippen molar-refractivity contribution in [1.29, 1.82) is 0 Å². The molecule has 5 heteroatoms. The van der Waals surface area contributed by atoms with Crippen LogP contribution < -0.4 is 5.73 Å². The summed E-state index contributed by atoms with van der Waals surface area (Å²) in [7, 11) is 0. The normalized spacial score (nSPS) is 17.0. The number of nitrogens with zero attached hydrogens (tertiary/aromatic N) is 2. The summed E-state index contributed by atoms with van der Waals surface area (Å²) >= 11 is 3.44. The van der Waals surface area contributed by atoms with Crippen molar-refractivity contribution in [2.45, 2.75) is 25.7 Å². The molecular weight excluding hydrogens is 318 g/mol. The highest BCUT2D eigenvalue weighted by Crippen LogP contribution is 2.39. The Hall–Kier alpha value is -1.75. The van der Waals surface area contributed by atoms with Crippen molar-refractivity contribution in [2.24, 2.45) is 5.73 Å². The predicted octanol–water partition coefficient (Wildman–Crippen LogP) is 2.72. The third kappa shape index (κ3) is 2.12. The molecule has 1 unspecified atom stereocenters. The molecule has 3 rings (SSSR count). The Morgan fingerprint density at radius 1 is 1.45 bits per heavy atom. The molecule has 20 heavy (non-hydrogen) atoms. The van der Waals surface area contributed by atoms with Crippen LogP contribution in [-0.2, 0) is 6.42 Å². The number of carbonyl (C=O) groups is 1. The number of hydrogen-bond donors (Lipinski definition) is 1. The minimum Gasteiger partial charge on any atom is -0.366 e. The van der Waals surface area contributed by atoms with Gasteiger partial charge in [0.2, 0.25) is 5.91 Å². The van der Waals surface area contributed by atoms with Gasteiger partial charge in [0.25, 0.3) is 0 Å². The smallest absolute Gasteiger partial charge is 0.249 e. The molecule has 1 atom stereocenters. The lowest BCUT2D eigenvalue weighted by molar-refractivity contribution is 0.0999. The maximum absolute atomic E-state index is 11.7. The second-order valence-electron chi connectivity index (χ2n) is 5.01. The van der Waals surface area contributed by atoms with E-state index in [9.17, 15) is 4.79 Å². The number of fused-ring (bicyclic) bond motifs is 1. The molecule has 1 aliphatic carbocycles. The molecule has 2 heterocycles. The first-order chi connectivity index (χ1) is 9.58. The number of hydrogen-bond acceptors (Lipinski definition) is 3. The number of pyridine rings is 2. The van der Waals surface area contributed by atoms with Crippen LogP contribution >= 0.6 is 15.9 Å². The monoisotopic (exact) mass is 331 g/mol. The largest absolute Gasteiger partial charge is 0.366 e. The molecule has 0 radical (unpaired) electrons. The molecule has 0 fully saturated rings. The average molecular weight is 332 g/mol. The van der Waals surface area contributed by atoms with E-state index in [1.807, 2.05) is 6.92 Å². The fourth-order valence-corrected chi connectivity index (χ4v) is 3.33. The summed E-state index contributed by atoms with van der Waals surface area (Å²) in [5.74, 6) is -0.301. The van der Waals surface area contributed by atoms with Crippen LogP contribution in [0.25, 0.3) is 0 Å². The average Bonchev–Trinajstić information content (AvgIpc) is 2.81. The number of rotatable bonds is 2. The Morgan fingerprint density at radius 2 is 2.25 bits per heavy atom. The van der Waals surface area contributed by atoms with Gasteiger partial charge in [-0.15, -0.1) is 0 Å². The van der Waals surface area contributed by atoms with E-state index in [0.29, 0.717) is 5.56 Å². The Morgan fingerprint density at radius 3 is 3.00 bits per heavy atom. The lowest BCUT2D eigenvalue weighted by atomic mass is 9.91. The van der Waals surface area contributed by atoms with Gasteiger partial charge in [0.15, 0.2) is 0 Å². The van der Waals surface area contributed by atoms with Crippen LogP contribution in [0.2, 0.25) is 0 Å². The molecular formula is C15H14BrN3O. The van der Waals surface area contributed by atoms with E-state index in [1.165, 1.54) is 5.56 Å². The molecule has 0 aliphatic heterocycles. The maximum atomic E-state index is 11.7. The molecule has 0 aromatic carbocycles. The van der Waals surface area contributed by atoms with Gasteiger partial charge in [-0.05, 0) is 59.0 Å². The van der Waals surface area contributed by atoms with Crippen molar-refractivity contribution in [3.63, 3.8) is 0 Å². The van der Waals surface area contributed by atoms with Crippen molar-refractivity contribution < 1.29 is 4.79 Å². The molecule has 0 bridgehead atoms. The van der Waals surface area contributed by atoms with Crippen LogP contribution in [0, 0.1) is 6.92 Å². The number of amides is 1. The van der Waals surface area contributed by atoms with Gasteiger partial charge >= 0.3 is 0 Å². The molecule has 2 aromatic rings. The molecule has 0 spiro atoms. The summed E-state index contributed by atoms with van der Waals surface area (Å²) in [6.07, 6.45) is 5.32. The highest BCUT2D eigenvalue weighted by Gasteiger charge is 2.30. The lowest BCUT2D eigenvalue weighted by Gasteiger charge is -2.16. The standard InChI is InChI=1S/C15H14BrN3O/c1-8-13(12(15(17)20)4-5-18-8)11-3-2-9-6-10(16)7-19-14(9)11/h4-7,11H,2-3H2,1H3,(H2,17,20). The summed E-state index contributed by atoms with van der Waals surface area (Å²) in [5.41, 5.74) is 10.1. The van der Waals surface area contributed by atoms with Crippen LogP contribution in [0.4, 0.5) is 0 Å². The predicted molar refractivity (Wildman–Crippen MR) is 79.6 cm³/mol. The van der Waals surface area contributed by atoms with E-state index in [4.69, 9.17) is 5.73 Å². The first-order valence-corrected chi connectivity index (χ1v) is 7.27. The number of aromatic nitrogens is 2. The third-order valence-corrected chi connectivity index (χ3v) is 4.24. The SMILES string of the molecule is Cc1nccc(C(N)=O)c1C1CCc2cc(Br)cnc21. The van der Waals surface area contributed by atoms with Crippen LogP contribution in [0.1, 0.15) is 45.2 Å². The molecule has 0 saturated heterocycles. The van der Waals surface area contributed by atoms with E-state index in [-0.39, 0.29) is 5.92 Å². The highest BCUT2D eigenvalue weighted by molar-refractivity contribution is 9.10. The molecule has 102 valence electrons.